The van der Waals surface area contributed by atoms with Crippen LogP contribution in [0.4, 0.5) is 5.82 Å². The molecule has 0 radical (unpaired) electrons. The smallest absolute Gasteiger partial charge is 0.221 e. The van der Waals surface area contributed by atoms with Crippen LogP contribution < -0.4 is 15.5 Å². The average molecular weight is 297 g/mol. The Labute approximate surface area is 126 Å². The van der Waals surface area contributed by atoms with Gasteiger partial charge in [-0.15, -0.1) is 0 Å². The van der Waals surface area contributed by atoms with E-state index in [2.05, 4.69) is 20.6 Å². The number of nitrogens with zero attached hydrogens (tertiary/aromatic N) is 3. The highest BCUT2D eigenvalue weighted by molar-refractivity contribution is 5.76. The minimum Gasteiger partial charge on any atom is -0.383 e. The predicted octanol–water partition coefficient (Wildman–Crippen LogP) is 0.0368. The number of ether oxygens (including phenoxy) is 1. The van der Waals surface area contributed by atoms with Crippen LogP contribution in [-0.2, 0) is 23.1 Å². The van der Waals surface area contributed by atoms with E-state index in [-0.39, 0.29) is 5.91 Å². The molecule has 7 nitrogen and oxygen atoms in total. The molecule has 0 atom stereocenters. The third kappa shape index (κ3) is 5.35. The molecule has 0 aliphatic rings. The largest absolute Gasteiger partial charge is 0.383 e. The van der Waals surface area contributed by atoms with Crippen LogP contribution in [0.25, 0.3) is 0 Å². The fourth-order valence-electron chi connectivity index (χ4n) is 2.25. The summed E-state index contributed by atoms with van der Waals surface area (Å²) in [5, 5.41) is 10.5. The first-order valence-corrected chi connectivity index (χ1v) is 7.13. The van der Waals surface area contributed by atoms with Crippen LogP contribution in [-0.4, -0.2) is 56.6 Å². The molecule has 120 valence electrons. The molecule has 0 aromatic carbocycles. The van der Waals surface area contributed by atoms with Crippen molar-refractivity contribution in [3.8, 4) is 0 Å². The number of aromatic nitrogens is 2. The lowest BCUT2D eigenvalue weighted by Gasteiger charge is -2.15. The molecule has 7 heteroatoms. The van der Waals surface area contributed by atoms with Crippen LogP contribution >= 0.6 is 0 Å². The fraction of sp³-hybridized carbons (Fsp3) is 0.714. The average Bonchev–Trinajstić information content (AvgIpc) is 2.69. The first kappa shape index (κ1) is 17.5. The van der Waals surface area contributed by atoms with E-state index in [0.29, 0.717) is 32.7 Å². The van der Waals surface area contributed by atoms with Crippen LogP contribution in [0.5, 0.6) is 0 Å². The molecule has 0 saturated heterocycles. The Morgan fingerprint density at radius 3 is 2.71 bits per heavy atom. The van der Waals surface area contributed by atoms with Crippen molar-refractivity contribution < 1.29 is 9.53 Å². The Hall–Kier alpha value is -1.60. The van der Waals surface area contributed by atoms with Gasteiger partial charge in [-0.2, -0.15) is 5.10 Å². The zero-order valence-electron chi connectivity index (χ0n) is 13.7. The molecule has 2 N–H and O–H groups in total. The molecule has 1 amide bonds. The highest BCUT2D eigenvalue weighted by atomic mass is 16.5. The van der Waals surface area contributed by atoms with E-state index in [1.807, 2.05) is 32.7 Å². The van der Waals surface area contributed by atoms with E-state index >= 15 is 0 Å². The van der Waals surface area contributed by atoms with Crippen molar-refractivity contribution >= 4 is 11.7 Å². The van der Waals surface area contributed by atoms with E-state index in [9.17, 15) is 4.79 Å². The lowest BCUT2D eigenvalue weighted by Crippen LogP contribution is -2.30. The lowest BCUT2D eigenvalue weighted by molar-refractivity contribution is -0.121. The maximum absolute atomic E-state index is 11.5. The van der Waals surface area contributed by atoms with Crippen molar-refractivity contribution in [2.24, 2.45) is 7.05 Å². The molecule has 0 bridgehead atoms. The van der Waals surface area contributed by atoms with Gasteiger partial charge in [0.05, 0.1) is 12.3 Å². The fourth-order valence-corrected chi connectivity index (χ4v) is 2.25. The number of carbonyl (C=O) groups is 1. The first-order chi connectivity index (χ1) is 9.97. The molecule has 21 heavy (non-hydrogen) atoms. The van der Waals surface area contributed by atoms with Crippen LogP contribution in [0, 0.1) is 6.92 Å². The van der Waals surface area contributed by atoms with Gasteiger partial charge in [0.1, 0.15) is 5.82 Å². The molecular weight excluding hydrogens is 270 g/mol. The molecular formula is C14H27N5O2. The second kappa shape index (κ2) is 8.63. The molecule has 1 aromatic rings. The van der Waals surface area contributed by atoms with Gasteiger partial charge in [-0.05, 0) is 6.92 Å². The van der Waals surface area contributed by atoms with Gasteiger partial charge in [0, 0.05) is 59.9 Å². The number of hydrogen-bond donors (Lipinski definition) is 2. The quantitative estimate of drug-likeness (QED) is 0.630. The van der Waals surface area contributed by atoms with Crippen LogP contribution in [0.3, 0.4) is 0 Å². The second-order valence-electron chi connectivity index (χ2n) is 5.18. The summed E-state index contributed by atoms with van der Waals surface area (Å²) in [6, 6.07) is 0. The maximum Gasteiger partial charge on any atom is 0.221 e. The molecule has 0 aliphatic carbocycles. The minimum atomic E-state index is 0.0373. The van der Waals surface area contributed by atoms with Crippen LogP contribution in [0.15, 0.2) is 0 Å². The molecule has 1 rings (SSSR count). The summed E-state index contributed by atoms with van der Waals surface area (Å²) in [4.78, 5) is 13.6. The number of hydrogen-bond acceptors (Lipinski definition) is 5. The summed E-state index contributed by atoms with van der Waals surface area (Å²) in [5.41, 5.74) is 2.18. The van der Waals surface area contributed by atoms with Crippen molar-refractivity contribution in [1.29, 1.82) is 0 Å². The van der Waals surface area contributed by atoms with Crippen molar-refractivity contribution in [2.75, 3.05) is 45.8 Å². The van der Waals surface area contributed by atoms with Crippen molar-refractivity contribution in [2.45, 2.75) is 19.9 Å². The first-order valence-electron chi connectivity index (χ1n) is 7.13. The third-order valence-corrected chi connectivity index (χ3v) is 3.20. The number of methoxy groups -OCH3 is 1. The van der Waals surface area contributed by atoms with E-state index in [1.54, 1.807) is 7.11 Å². The topological polar surface area (TPSA) is 71.4 Å². The number of carbonyl (C=O) groups excluding carboxylic acids is 1. The Morgan fingerprint density at radius 2 is 2.10 bits per heavy atom. The van der Waals surface area contributed by atoms with E-state index < -0.39 is 0 Å². The minimum absolute atomic E-state index is 0.0373. The molecule has 1 aromatic heterocycles. The molecule has 0 spiro atoms. The lowest BCUT2D eigenvalue weighted by atomic mass is 10.2. The van der Waals surface area contributed by atoms with Gasteiger partial charge >= 0.3 is 0 Å². The summed E-state index contributed by atoms with van der Waals surface area (Å²) in [5.74, 6) is 1.12. The molecule has 0 aliphatic heterocycles. The van der Waals surface area contributed by atoms with Crippen molar-refractivity contribution in [3.63, 3.8) is 0 Å². The standard InChI is InChI=1S/C14H27N5O2/c1-11-12(14(18(2)3)19(4)17-11)10-15-7-6-13(20)16-8-9-21-5/h15H,6-10H2,1-5H3,(H,16,20). The third-order valence-electron chi connectivity index (χ3n) is 3.20. The summed E-state index contributed by atoms with van der Waals surface area (Å²) in [7, 11) is 7.56. The van der Waals surface area contributed by atoms with Crippen molar-refractivity contribution in [3.05, 3.63) is 11.3 Å². The predicted molar refractivity (Wildman–Crippen MR) is 83.5 cm³/mol. The van der Waals surface area contributed by atoms with E-state index in [1.165, 1.54) is 5.56 Å². The summed E-state index contributed by atoms with van der Waals surface area (Å²) >= 11 is 0. The molecule has 1 heterocycles. The summed E-state index contributed by atoms with van der Waals surface area (Å²) in [6.07, 6.45) is 0.459. The number of anilines is 1. The molecule has 0 saturated carbocycles. The Balaban J connectivity index is 2.38. The second-order valence-corrected chi connectivity index (χ2v) is 5.18. The summed E-state index contributed by atoms with van der Waals surface area (Å²) < 4.78 is 6.76. The molecule has 0 unspecified atom stereocenters. The SMILES string of the molecule is COCCNC(=O)CCNCc1c(C)nn(C)c1N(C)C. The highest BCUT2D eigenvalue weighted by Gasteiger charge is 2.14. The van der Waals surface area contributed by atoms with Gasteiger partial charge in [0.2, 0.25) is 5.91 Å². The van der Waals surface area contributed by atoms with Crippen LogP contribution in [0.2, 0.25) is 0 Å². The maximum atomic E-state index is 11.5. The van der Waals surface area contributed by atoms with Gasteiger partial charge in [0.15, 0.2) is 0 Å². The molecule has 0 fully saturated rings. The number of aryl methyl sites for hydroxylation is 2. The van der Waals surface area contributed by atoms with Gasteiger partial charge < -0.3 is 20.3 Å². The number of rotatable bonds is 9. The Morgan fingerprint density at radius 1 is 1.38 bits per heavy atom. The number of amides is 1. The summed E-state index contributed by atoms with van der Waals surface area (Å²) in [6.45, 7) is 4.45. The van der Waals surface area contributed by atoms with Gasteiger partial charge in [-0.1, -0.05) is 0 Å². The van der Waals surface area contributed by atoms with Gasteiger partial charge in [-0.3, -0.25) is 9.48 Å². The normalized spacial score (nSPS) is 10.7. The van der Waals surface area contributed by atoms with Crippen molar-refractivity contribution in [1.82, 2.24) is 20.4 Å². The monoisotopic (exact) mass is 297 g/mol. The van der Waals surface area contributed by atoms with E-state index in [4.69, 9.17) is 4.74 Å². The number of nitrogens with one attached hydrogen (secondary N) is 2. The van der Waals surface area contributed by atoms with Gasteiger partial charge in [-0.25, -0.2) is 0 Å². The highest BCUT2D eigenvalue weighted by Crippen LogP contribution is 2.20. The van der Waals surface area contributed by atoms with Crippen LogP contribution in [0.1, 0.15) is 17.7 Å². The van der Waals surface area contributed by atoms with Gasteiger partial charge in [0.25, 0.3) is 0 Å². The van der Waals surface area contributed by atoms with E-state index in [0.717, 1.165) is 11.5 Å². The Bertz CT molecular complexity index is 456. The zero-order chi connectivity index (χ0) is 15.8. The Kier molecular flexibility index (Phi) is 7.18. The zero-order valence-corrected chi connectivity index (χ0v) is 13.7.